The molecule has 1 N–H and O–H groups in total. The summed E-state index contributed by atoms with van der Waals surface area (Å²) in [5.74, 6) is -0.104. The average molecular weight is 418 g/mol. The third-order valence-corrected chi connectivity index (χ3v) is 5.70. The molecule has 0 saturated heterocycles. The maximum Gasteiger partial charge on any atom is 0.230 e. The second-order valence-corrected chi connectivity index (χ2v) is 8.26. The molecule has 0 aliphatic rings. The number of fused-ring (bicyclic) bond motifs is 1. The number of rotatable bonds is 4. The summed E-state index contributed by atoms with van der Waals surface area (Å²) in [6.07, 6.45) is 2.19. The lowest BCUT2D eigenvalue weighted by molar-refractivity contribution is -0.115. The summed E-state index contributed by atoms with van der Waals surface area (Å²) in [6, 6.07) is 15.9. The van der Waals surface area contributed by atoms with Gasteiger partial charge in [0, 0.05) is 22.5 Å². The SMILES string of the molecule is Cc1ccn2c(CC(=O)Nc3cc(Cl)ccc3C)c(-c3ccc(C)c(C)c3)nc2c1. The Morgan fingerprint density at radius 1 is 0.967 bits per heavy atom. The first-order chi connectivity index (χ1) is 14.3. The number of aromatic nitrogens is 2. The van der Waals surface area contributed by atoms with E-state index in [1.165, 1.54) is 11.1 Å². The predicted octanol–water partition coefficient (Wildman–Crippen LogP) is 6.07. The van der Waals surface area contributed by atoms with Gasteiger partial charge >= 0.3 is 0 Å². The molecular weight excluding hydrogens is 394 g/mol. The number of amides is 1. The molecular formula is C25H24ClN3O. The van der Waals surface area contributed by atoms with Crippen LogP contribution in [0.15, 0.2) is 54.7 Å². The van der Waals surface area contributed by atoms with Gasteiger partial charge in [0.2, 0.25) is 5.91 Å². The lowest BCUT2D eigenvalue weighted by Crippen LogP contribution is -2.16. The van der Waals surface area contributed by atoms with Crippen LogP contribution in [-0.4, -0.2) is 15.3 Å². The van der Waals surface area contributed by atoms with E-state index in [2.05, 4.69) is 37.4 Å². The van der Waals surface area contributed by atoms with E-state index in [0.717, 1.165) is 39.4 Å². The van der Waals surface area contributed by atoms with Crippen molar-refractivity contribution in [3.05, 3.63) is 87.7 Å². The number of halogens is 1. The molecule has 4 nitrogen and oxygen atoms in total. The highest BCUT2D eigenvalue weighted by molar-refractivity contribution is 6.31. The first-order valence-corrected chi connectivity index (χ1v) is 10.3. The van der Waals surface area contributed by atoms with Crippen LogP contribution >= 0.6 is 11.6 Å². The normalized spacial score (nSPS) is 11.1. The zero-order chi connectivity index (χ0) is 21.4. The highest BCUT2D eigenvalue weighted by atomic mass is 35.5. The number of carbonyl (C=O) groups is 1. The quantitative estimate of drug-likeness (QED) is 0.438. The Balaban J connectivity index is 1.75. The molecule has 0 aliphatic heterocycles. The number of benzene rings is 2. The van der Waals surface area contributed by atoms with Crippen LogP contribution < -0.4 is 5.32 Å². The fraction of sp³-hybridized carbons (Fsp3) is 0.200. The number of hydrogen-bond donors (Lipinski definition) is 1. The molecule has 2 heterocycles. The van der Waals surface area contributed by atoms with Crippen molar-refractivity contribution in [2.24, 2.45) is 0 Å². The molecule has 152 valence electrons. The van der Waals surface area contributed by atoms with Crippen LogP contribution in [0.3, 0.4) is 0 Å². The number of anilines is 1. The van der Waals surface area contributed by atoms with E-state index in [1.54, 1.807) is 6.07 Å². The minimum absolute atomic E-state index is 0.104. The molecule has 0 saturated carbocycles. The summed E-state index contributed by atoms with van der Waals surface area (Å²) in [5.41, 5.74) is 8.81. The fourth-order valence-electron chi connectivity index (χ4n) is 3.56. The Morgan fingerprint density at radius 3 is 2.50 bits per heavy atom. The summed E-state index contributed by atoms with van der Waals surface area (Å²) in [5, 5.41) is 3.59. The number of aryl methyl sites for hydroxylation is 4. The van der Waals surface area contributed by atoms with E-state index in [0.29, 0.717) is 5.02 Å². The van der Waals surface area contributed by atoms with Crippen molar-refractivity contribution in [2.75, 3.05) is 5.32 Å². The number of imidazole rings is 1. The molecule has 0 spiro atoms. The Labute approximate surface area is 181 Å². The summed E-state index contributed by atoms with van der Waals surface area (Å²) < 4.78 is 2.00. The van der Waals surface area contributed by atoms with Gasteiger partial charge in [-0.25, -0.2) is 4.98 Å². The first kappa shape index (κ1) is 20.2. The van der Waals surface area contributed by atoms with Gasteiger partial charge in [-0.2, -0.15) is 0 Å². The standard InChI is InChI=1S/C25H24ClN3O/c1-15-9-10-29-22(14-24(30)27-21-13-20(26)8-6-17(21)3)25(28-23(29)11-15)19-7-5-16(2)18(4)12-19/h5-13H,14H2,1-4H3,(H,27,30). The Morgan fingerprint density at radius 2 is 1.73 bits per heavy atom. The molecule has 0 bridgehead atoms. The van der Waals surface area contributed by atoms with E-state index in [4.69, 9.17) is 16.6 Å². The lowest BCUT2D eigenvalue weighted by Gasteiger charge is -2.10. The largest absolute Gasteiger partial charge is 0.325 e. The number of hydrogen-bond acceptors (Lipinski definition) is 2. The van der Waals surface area contributed by atoms with Crippen LogP contribution in [0.25, 0.3) is 16.9 Å². The topological polar surface area (TPSA) is 46.4 Å². The number of nitrogens with one attached hydrogen (secondary N) is 1. The minimum Gasteiger partial charge on any atom is -0.325 e. The third-order valence-electron chi connectivity index (χ3n) is 5.46. The summed E-state index contributed by atoms with van der Waals surface area (Å²) in [7, 11) is 0. The van der Waals surface area contributed by atoms with Gasteiger partial charge in [0.15, 0.2) is 0 Å². The van der Waals surface area contributed by atoms with Crippen molar-refractivity contribution in [3.8, 4) is 11.3 Å². The summed E-state index contributed by atoms with van der Waals surface area (Å²) in [4.78, 5) is 17.8. The monoisotopic (exact) mass is 417 g/mol. The maximum absolute atomic E-state index is 13.0. The van der Waals surface area contributed by atoms with Crippen LogP contribution in [0.2, 0.25) is 5.02 Å². The van der Waals surface area contributed by atoms with Gasteiger partial charge < -0.3 is 9.72 Å². The van der Waals surface area contributed by atoms with Crippen molar-refractivity contribution >= 4 is 28.8 Å². The van der Waals surface area contributed by atoms with Crippen molar-refractivity contribution < 1.29 is 4.79 Å². The maximum atomic E-state index is 13.0. The van der Waals surface area contributed by atoms with Crippen LogP contribution in [0, 0.1) is 27.7 Å². The highest BCUT2D eigenvalue weighted by Gasteiger charge is 2.18. The molecule has 2 aromatic heterocycles. The molecule has 5 heteroatoms. The summed E-state index contributed by atoms with van der Waals surface area (Å²) >= 11 is 6.10. The van der Waals surface area contributed by atoms with Crippen molar-refractivity contribution in [3.63, 3.8) is 0 Å². The van der Waals surface area contributed by atoms with Gasteiger partial charge in [0.25, 0.3) is 0 Å². The Bertz CT molecular complexity index is 1270. The molecule has 4 aromatic rings. The van der Waals surface area contributed by atoms with Crippen molar-refractivity contribution in [1.29, 1.82) is 0 Å². The number of pyridine rings is 1. The van der Waals surface area contributed by atoms with E-state index in [1.807, 2.05) is 48.7 Å². The van der Waals surface area contributed by atoms with Gasteiger partial charge in [-0.3, -0.25) is 4.79 Å². The first-order valence-electron chi connectivity index (χ1n) is 9.93. The van der Waals surface area contributed by atoms with Crippen molar-refractivity contribution in [1.82, 2.24) is 9.38 Å². The van der Waals surface area contributed by atoms with Crippen molar-refractivity contribution in [2.45, 2.75) is 34.1 Å². The second-order valence-electron chi connectivity index (χ2n) is 7.82. The minimum atomic E-state index is -0.104. The predicted molar refractivity (Wildman–Crippen MR) is 123 cm³/mol. The van der Waals surface area contributed by atoms with Crippen LogP contribution in [-0.2, 0) is 11.2 Å². The number of nitrogens with zero attached hydrogens (tertiary/aromatic N) is 2. The fourth-order valence-corrected chi connectivity index (χ4v) is 3.73. The molecule has 2 aromatic carbocycles. The average Bonchev–Trinajstić information content (AvgIpc) is 3.04. The van der Waals surface area contributed by atoms with Crippen LogP contribution in [0.1, 0.15) is 27.9 Å². The Kier molecular flexibility index (Phi) is 5.35. The van der Waals surface area contributed by atoms with E-state index >= 15 is 0 Å². The lowest BCUT2D eigenvalue weighted by atomic mass is 10.0. The molecule has 0 aliphatic carbocycles. The molecule has 4 rings (SSSR count). The summed E-state index contributed by atoms with van der Waals surface area (Å²) in [6.45, 7) is 8.17. The van der Waals surface area contributed by atoms with Crippen LogP contribution in [0.5, 0.6) is 0 Å². The Hall–Kier alpha value is -3.11. The number of carbonyl (C=O) groups excluding carboxylic acids is 1. The van der Waals surface area contributed by atoms with Gasteiger partial charge in [-0.1, -0.05) is 29.8 Å². The van der Waals surface area contributed by atoms with E-state index < -0.39 is 0 Å². The van der Waals surface area contributed by atoms with E-state index in [9.17, 15) is 4.79 Å². The zero-order valence-electron chi connectivity index (χ0n) is 17.6. The zero-order valence-corrected chi connectivity index (χ0v) is 18.3. The molecule has 1 amide bonds. The van der Waals surface area contributed by atoms with Gasteiger partial charge in [-0.15, -0.1) is 0 Å². The van der Waals surface area contributed by atoms with Gasteiger partial charge in [0.05, 0.1) is 17.8 Å². The highest BCUT2D eigenvalue weighted by Crippen LogP contribution is 2.28. The van der Waals surface area contributed by atoms with Gasteiger partial charge in [-0.05, 0) is 80.3 Å². The van der Waals surface area contributed by atoms with E-state index in [-0.39, 0.29) is 12.3 Å². The molecule has 0 radical (unpaired) electrons. The van der Waals surface area contributed by atoms with Gasteiger partial charge in [0.1, 0.15) is 5.65 Å². The molecule has 0 unspecified atom stereocenters. The second kappa shape index (κ2) is 7.96. The van der Waals surface area contributed by atoms with Crippen LogP contribution in [0.4, 0.5) is 5.69 Å². The molecule has 30 heavy (non-hydrogen) atoms. The smallest absolute Gasteiger partial charge is 0.230 e. The molecule has 0 fully saturated rings. The third kappa shape index (κ3) is 3.96. The molecule has 0 atom stereocenters.